The van der Waals surface area contributed by atoms with Gasteiger partial charge in [-0.05, 0) is 30.5 Å². The van der Waals surface area contributed by atoms with Crippen molar-refractivity contribution < 1.29 is 14.6 Å². The number of aromatic hydroxyl groups is 1. The van der Waals surface area contributed by atoms with Crippen LogP contribution in [0.25, 0.3) is 0 Å². The minimum atomic E-state index is -0.102. The zero-order chi connectivity index (χ0) is 13.8. The molecule has 1 aromatic carbocycles. The topological polar surface area (TPSA) is 58.6 Å². The second-order valence-electron chi connectivity index (χ2n) is 4.83. The van der Waals surface area contributed by atoms with E-state index in [9.17, 15) is 9.90 Å². The number of nitrogens with one attached hydrogen (secondary N) is 1. The summed E-state index contributed by atoms with van der Waals surface area (Å²) in [5.41, 5.74) is 1.61. The Labute approximate surface area is 113 Å². The van der Waals surface area contributed by atoms with Crippen molar-refractivity contribution in [3.63, 3.8) is 0 Å². The van der Waals surface area contributed by atoms with Crippen molar-refractivity contribution in [3.05, 3.63) is 42.0 Å². The summed E-state index contributed by atoms with van der Waals surface area (Å²) in [7, 11) is 0. The molecule has 2 rings (SSSR count). The van der Waals surface area contributed by atoms with Gasteiger partial charge in [0.15, 0.2) is 0 Å². The van der Waals surface area contributed by atoms with Crippen LogP contribution in [0.15, 0.2) is 30.9 Å². The monoisotopic (exact) mass is 261 g/mol. The zero-order valence-corrected chi connectivity index (χ0v) is 11.1. The fraction of sp³-hybridized carbons (Fsp3) is 0.400. The summed E-state index contributed by atoms with van der Waals surface area (Å²) in [4.78, 5) is 11.9. The molecule has 4 nitrogen and oxygen atoms in total. The number of hydrogen-bond donors (Lipinski definition) is 2. The van der Waals surface area contributed by atoms with Crippen molar-refractivity contribution in [2.45, 2.75) is 31.9 Å². The molecule has 1 fully saturated rings. The van der Waals surface area contributed by atoms with Gasteiger partial charge < -0.3 is 15.2 Å². The molecular weight excluding hydrogens is 242 g/mol. The van der Waals surface area contributed by atoms with Gasteiger partial charge in [-0.15, -0.1) is 6.58 Å². The molecule has 1 amide bonds. The highest BCUT2D eigenvalue weighted by molar-refractivity contribution is 5.79. The molecule has 1 aliphatic heterocycles. The van der Waals surface area contributed by atoms with E-state index in [0.29, 0.717) is 6.61 Å². The van der Waals surface area contributed by atoms with E-state index in [-0.39, 0.29) is 30.2 Å². The molecule has 4 heteroatoms. The Hall–Kier alpha value is -1.81. The summed E-state index contributed by atoms with van der Waals surface area (Å²) < 4.78 is 5.43. The number of aryl methyl sites for hydroxylation is 1. The van der Waals surface area contributed by atoms with Crippen molar-refractivity contribution >= 4 is 5.91 Å². The molecule has 0 saturated carbocycles. The molecular formula is C15H19NO3. The Morgan fingerprint density at radius 2 is 2.42 bits per heavy atom. The van der Waals surface area contributed by atoms with Crippen LogP contribution in [0.2, 0.25) is 0 Å². The van der Waals surface area contributed by atoms with Gasteiger partial charge in [-0.1, -0.05) is 18.2 Å². The third kappa shape index (κ3) is 3.35. The van der Waals surface area contributed by atoms with E-state index in [1.165, 1.54) is 0 Å². The average molecular weight is 261 g/mol. The molecule has 0 radical (unpaired) electrons. The highest BCUT2D eigenvalue weighted by atomic mass is 16.5. The van der Waals surface area contributed by atoms with E-state index in [0.717, 1.165) is 17.5 Å². The molecule has 19 heavy (non-hydrogen) atoms. The van der Waals surface area contributed by atoms with Crippen molar-refractivity contribution in [3.8, 4) is 5.75 Å². The van der Waals surface area contributed by atoms with Gasteiger partial charge in [-0.25, -0.2) is 0 Å². The van der Waals surface area contributed by atoms with Crippen LogP contribution >= 0.6 is 0 Å². The van der Waals surface area contributed by atoms with E-state index in [1.54, 1.807) is 12.1 Å². The van der Waals surface area contributed by atoms with Gasteiger partial charge in [0.1, 0.15) is 5.75 Å². The smallest absolute Gasteiger partial charge is 0.224 e. The first-order chi connectivity index (χ1) is 9.10. The van der Waals surface area contributed by atoms with Crippen LogP contribution in [0.3, 0.4) is 0 Å². The van der Waals surface area contributed by atoms with Crippen molar-refractivity contribution in [1.29, 1.82) is 0 Å². The predicted octanol–water partition coefficient (Wildman–Crippen LogP) is 1.70. The summed E-state index contributed by atoms with van der Waals surface area (Å²) in [6.07, 6.45) is 2.68. The van der Waals surface area contributed by atoms with Gasteiger partial charge in [-0.3, -0.25) is 4.79 Å². The maximum absolute atomic E-state index is 11.9. The fourth-order valence-corrected chi connectivity index (χ4v) is 2.21. The molecule has 1 aromatic rings. The lowest BCUT2D eigenvalue weighted by atomic mass is 10.1. The van der Waals surface area contributed by atoms with Crippen LogP contribution in [0.4, 0.5) is 0 Å². The number of hydrogen-bond acceptors (Lipinski definition) is 3. The Morgan fingerprint density at radius 3 is 3.11 bits per heavy atom. The molecule has 0 aliphatic carbocycles. The molecule has 1 saturated heterocycles. The first-order valence-corrected chi connectivity index (χ1v) is 6.42. The van der Waals surface area contributed by atoms with Crippen LogP contribution in [0.5, 0.6) is 5.75 Å². The lowest BCUT2D eigenvalue weighted by Gasteiger charge is -2.16. The number of rotatable bonds is 4. The quantitative estimate of drug-likeness (QED) is 0.811. The normalized spacial score (nSPS) is 22.2. The van der Waals surface area contributed by atoms with Crippen LogP contribution in [0.1, 0.15) is 17.5 Å². The summed E-state index contributed by atoms with van der Waals surface area (Å²) in [5, 5.41) is 12.6. The largest absolute Gasteiger partial charge is 0.508 e. The number of carbonyl (C=O) groups is 1. The van der Waals surface area contributed by atoms with E-state index >= 15 is 0 Å². The van der Waals surface area contributed by atoms with Gasteiger partial charge in [-0.2, -0.15) is 0 Å². The van der Waals surface area contributed by atoms with E-state index in [1.807, 2.05) is 19.1 Å². The number of phenols is 1. The van der Waals surface area contributed by atoms with E-state index in [2.05, 4.69) is 11.9 Å². The Bertz CT molecular complexity index is 484. The average Bonchev–Trinajstić information content (AvgIpc) is 2.81. The van der Waals surface area contributed by atoms with Gasteiger partial charge in [0.25, 0.3) is 0 Å². The second-order valence-corrected chi connectivity index (χ2v) is 4.83. The molecule has 102 valence electrons. The van der Waals surface area contributed by atoms with Crippen molar-refractivity contribution in [1.82, 2.24) is 5.32 Å². The maximum atomic E-state index is 11.9. The van der Waals surface area contributed by atoms with Crippen molar-refractivity contribution in [2.24, 2.45) is 0 Å². The van der Waals surface area contributed by atoms with E-state index in [4.69, 9.17) is 4.74 Å². The predicted molar refractivity (Wildman–Crippen MR) is 73.0 cm³/mol. The molecule has 0 aromatic heterocycles. The summed E-state index contributed by atoms with van der Waals surface area (Å²) in [6, 6.07) is 5.29. The number of carbonyl (C=O) groups excluding carboxylic acids is 1. The highest BCUT2D eigenvalue weighted by Gasteiger charge is 2.26. The molecule has 0 bridgehead atoms. The van der Waals surface area contributed by atoms with Gasteiger partial charge in [0.2, 0.25) is 5.91 Å². The number of phenolic OH excluding ortho intramolecular Hbond substituents is 1. The highest BCUT2D eigenvalue weighted by Crippen LogP contribution is 2.18. The first-order valence-electron chi connectivity index (χ1n) is 6.42. The summed E-state index contributed by atoms with van der Waals surface area (Å²) >= 11 is 0. The standard InChI is InChI=1S/C15H19NO3/c1-3-14-12(6-7-19-14)16-15(18)9-11-5-4-10(2)13(17)8-11/h3-5,8,12,14,17H,1,6-7,9H2,2H3,(H,16,18)/t12-,14+/m1/s1. The lowest BCUT2D eigenvalue weighted by Crippen LogP contribution is -2.40. The summed E-state index contributed by atoms with van der Waals surface area (Å²) in [5.74, 6) is 0.157. The van der Waals surface area contributed by atoms with Gasteiger partial charge in [0, 0.05) is 6.61 Å². The number of benzene rings is 1. The molecule has 0 spiro atoms. The Balaban J connectivity index is 1.93. The number of ether oxygens (including phenoxy) is 1. The minimum absolute atomic E-state index is 0.00375. The Morgan fingerprint density at radius 1 is 1.63 bits per heavy atom. The lowest BCUT2D eigenvalue weighted by molar-refractivity contribution is -0.121. The van der Waals surface area contributed by atoms with Gasteiger partial charge >= 0.3 is 0 Å². The summed E-state index contributed by atoms with van der Waals surface area (Å²) in [6.45, 7) is 6.17. The van der Waals surface area contributed by atoms with Crippen LogP contribution in [0, 0.1) is 6.92 Å². The van der Waals surface area contributed by atoms with Crippen LogP contribution in [-0.4, -0.2) is 29.8 Å². The molecule has 2 atom stereocenters. The van der Waals surface area contributed by atoms with Gasteiger partial charge in [0.05, 0.1) is 18.6 Å². The SMILES string of the molecule is C=C[C@@H]1OCC[C@H]1NC(=O)Cc1ccc(C)c(O)c1. The molecule has 1 heterocycles. The third-order valence-corrected chi connectivity index (χ3v) is 3.35. The fourth-order valence-electron chi connectivity index (χ4n) is 2.21. The van der Waals surface area contributed by atoms with Crippen LogP contribution in [-0.2, 0) is 16.0 Å². The second kappa shape index (κ2) is 5.89. The Kier molecular flexibility index (Phi) is 4.22. The van der Waals surface area contributed by atoms with E-state index < -0.39 is 0 Å². The first kappa shape index (κ1) is 13.6. The maximum Gasteiger partial charge on any atom is 0.224 e. The number of amides is 1. The zero-order valence-electron chi connectivity index (χ0n) is 11.1. The third-order valence-electron chi connectivity index (χ3n) is 3.35. The van der Waals surface area contributed by atoms with Crippen molar-refractivity contribution in [2.75, 3.05) is 6.61 Å². The minimum Gasteiger partial charge on any atom is -0.508 e. The molecule has 0 unspecified atom stereocenters. The molecule has 2 N–H and O–H groups in total. The van der Waals surface area contributed by atoms with Crippen LogP contribution < -0.4 is 5.32 Å². The molecule has 1 aliphatic rings.